The Bertz CT molecular complexity index is 2060. The summed E-state index contributed by atoms with van der Waals surface area (Å²) in [6.07, 6.45) is 3.22. The zero-order valence-electron chi connectivity index (χ0n) is 29.6. The fraction of sp³-hybridized carbons (Fsp3) is 0.385. The van der Waals surface area contributed by atoms with Gasteiger partial charge >= 0.3 is 12.1 Å². The monoisotopic (exact) mass is 690 g/mol. The van der Waals surface area contributed by atoms with Gasteiger partial charge in [0.2, 0.25) is 5.88 Å². The van der Waals surface area contributed by atoms with E-state index in [-0.39, 0.29) is 18.0 Å². The third kappa shape index (κ3) is 6.59. The number of hydrogen-bond acceptors (Lipinski definition) is 6. The number of carbonyl (C=O) groups excluding carboxylic acids is 2. The summed E-state index contributed by atoms with van der Waals surface area (Å²) >= 11 is 0. The van der Waals surface area contributed by atoms with Crippen LogP contribution in [0.4, 0.5) is 15.3 Å². The first-order valence-electron chi connectivity index (χ1n) is 17.6. The van der Waals surface area contributed by atoms with Crippen LogP contribution in [0, 0.1) is 6.92 Å². The minimum atomic E-state index is -1.21. The molecule has 3 aromatic carbocycles. The highest BCUT2D eigenvalue weighted by Crippen LogP contribution is 2.45. The average molecular weight is 691 g/mol. The van der Waals surface area contributed by atoms with Gasteiger partial charge in [0.1, 0.15) is 6.73 Å². The van der Waals surface area contributed by atoms with Gasteiger partial charge in [0.15, 0.2) is 0 Å². The lowest BCUT2D eigenvalue weighted by Gasteiger charge is -2.51. The van der Waals surface area contributed by atoms with Crippen molar-refractivity contribution in [3.63, 3.8) is 0 Å². The number of aromatic nitrogens is 3. The fourth-order valence-corrected chi connectivity index (χ4v) is 8.31. The van der Waals surface area contributed by atoms with Gasteiger partial charge in [-0.05, 0) is 73.2 Å². The van der Waals surface area contributed by atoms with Crippen LogP contribution in [0.2, 0.25) is 25.7 Å². The van der Waals surface area contributed by atoms with Crippen molar-refractivity contribution in [1.82, 2.24) is 24.6 Å². The summed E-state index contributed by atoms with van der Waals surface area (Å²) in [7, 11) is -1.21. The summed E-state index contributed by atoms with van der Waals surface area (Å²) in [6, 6.07) is 24.6. The van der Waals surface area contributed by atoms with Crippen LogP contribution < -0.4 is 10.1 Å². The number of hydrogen-bond donors (Lipinski definition) is 1. The number of amides is 3. The molecule has 0 spiro atoms. The van der Waals surface area contributed by atoms with Gasteiger partial charge in [-0.2, -0.15) is 5.10 Å². The van der Waals surface area contributed by atoms with Crippen molar-refractivity contribution in [3.05, 3.63) is 95.7 Å². The number of anilines is 1. The second kappa shape index (κ2) is 13.5. The van der Waals surface area contributed by atoms with Gasteiger partial charge in [0.05, 0.1) is 22.8 Å². The minimum Gasteiger partial charge on any atom is -0.391 e. The van der Waals surface area contributed by atoms with E-state index in [4.69, 9.17) is 14.6 Å². The predicted molar refractivity (Wildman–Crippen MR) is 199 cm³/mol. The number of nitrogens with zero attached hydrogens (tertiary/aromatic N) is 5. The standard InChI is InChI=1S/C39H46N6O4Si/c1-6-39(31-21-27(2)36-30(22-31)24-40-45(36)26-48-19-20-50(3,4)5)23-32(43-25-29-12-8-10-14-34(29)42-37(43)46)17-18-44(39)38(47)49-35-16-15-28-11-7-9-13-33(28)41-35/h7-16,21-22,24,32H,6,17-20,23,25-26H2,1-5H3,(H,42,46). The first-order chi connectivity index (χ1) is 24.0. The van der Waals surface area contributed by atoms with Crippen molar-refractivity contribution in [2.75, 3.05) is 18.5 Å². The summed E-state index contributed by atoms with van der Waals surface area (Å²) in [5.74, 6) is 0.259. The Hall–Kier alpha value is -4.74. The maximum absolute atomic E-state index is 14.3. The van der Waals surface area contributed by atoms with E-state index < -0.39 is 19.7 Å². The molecular formula is C39H46N6O4Si. The van der Waals surface area contributed by atoms with Crippen molar-refractivity contribution in [2.45, 2.75) is 83.7 Å². The largest absolute Gasteiger partial charge is 0.417 e. The SMILES string of the molecule is CCC1(c2cc(C)c3c(cnn3COCC[Si](C)(C)C)c2)CC(N2Cc3ccccc3NC2=O)CCN1C(=O)Oc1ccc2ccccc2n1. The lowest BCUT2D eigenvalue weighted by Crippen LogP contribution is -2.60. The van der Waals surface area contributed by atoms with E-state index in [9.17, 15) is 9.59 Å². The molecule has 1 N–H and O–H groups in total. The molecule has 2 unspecified atom stereocenters. The molecule has 1 fully saturated rings. The number of pyridine rings is 1. The van der Waals surface area contributed by atoms with E-state index in [1.807, 2.05) is 69.2 Å². The van der Waals surface area contributed by atoms with Gasteiger partial charge < -0.3 is 19.7 Å². The third-order valence-electron chi connectivity index (χ3n) is 10.3. The van der Waals surface area contributed by atoms with E-state index in [2.05, 4.69) is 62.0 Å². The van der Waals surface area contributed by atoms with E-state index in [1.165, 1.54) is 0 Å². The molecule has 3 amide bonds. The molecule has 50 heavy (non-hydrogen) atoms. The first-order valence-corrected chi connectivity index (χ1v) is 21.3. The van der Waals surface area contributed by atoms with Gasteiger partial charge in [0, 0.05) is 56.3 Å². The number of aryl methyl sites for hydroxylation is 1. The van der Waals surface area contributed by atoms with Crippen LogP contribution in [0.1, 0.15) is 42.9 Å². The number of carbonyl (C=O) groups is 2. The number of para-hydroxylation sites is 2. The third-order valence-corrected chi connectivity index (χ3v) is 12.0. The van der Waals surface area contributed by atoms with E-state index in [0.29, 0.717) is 45.7 Å². The average Bonchev–Trinajstić information content (AvgIpc) is 3.52. The number of likely N-dealkylation sites (tertiary alicyclic amines) is 1. The van der Waals surface area contributed by atoms with Crippen LogP contribution in [0.3, 0.4) is 0 Å². The highest BCUT2D eigenvalue weighted by atomic mass is 28.3. The molecule has 2 aromatic heterocycles. The lowest BCUT2D eigenvalue weighted by molar-refractivity contribution is 0.0108. The number of piperidine rings is 1. The molecule has 2 atom stereocenters. The molecule has 0 aliphatic carbocycles. The Morgan fingerprint density at radius 2 is 1.84 bits per heavy atom. The highest BCUT2D eigenvalue weighted by molar-refractivity contribution is 6.76. The summed E-state index contributed by atoms with van der Waals surface area (Å²) in [4.78, 5) is 36.2. The lowest BCUT2D eigenvalue weighted by atomic mass is 9.75. The molecule has 5 aromatic rings. The molecule has 2 aliphatic heterocycles. The Morgan fingerprint density at radius 1 is 1.04 bits per heavy atom. The van der Waals surface area contributed by atoms with Crippen molar-refractivity contribution in [1.29, 1.82) is 0 Å². The van der Waals surface area contributed by atoms with Crippen LogP contribution >= 0.6 is 0 Å². The van der Waals surface area contributed by atoms with Crippen LogP contribution in [-0.4, -0.2) is 64.0 Å². The Labute approximate surface area is 294 Å². The van der Waals surface area contributed by atoms with Crippen molar-refractivity contribution >= 4 is 47.7 Å². The smallest absolute Gasteiger partial charge is 0.391 e. The van der Waals surface area contributed by atoms with Gasteiger partial charge in [-0.3, -0.25) is 4.90 Å². The van der Waals surface area contributed by atoms with E-state index >= 15 is 0 Å². The summed E-state index contributed by atoms with van der Waals surface area (Å²) in [6.45, 7) is 13.3. The molecule has 260 valence electrons. The second-order valence-corrected chi connectivity index (χ2v) is 20.5. The van der Waals surface area contributed by atoms with E-state index in [1.54, 1.807) is 6.07 Å². The topological polar surface area (TPSA) is 102 Å². The summed E-state index contributed by atoms with van der Waals surface area (Å²) < 4.78 is 14.0. The highest BCUT2D eigenvalue weighted by Gasteiger charge is 2.48. The number of fused-ring (bicyclic) bond motifs is 3. The number of ether oxygens (including phenoxy) is 2. The summed E-state index contributed by atoms with van der Waals surface area (Å²) in [5.41, 5.74) is 4.99. The molecule has 1 saturated heterocycles. The molecule has 2 aliphatic rings. The van der Waals surface area contributed by atoms with Crippen LogP contribution in [0.5, 0.6) is 5.88 Å². The fourth-order valence-electron chi connectivity index (χ4n) is 7.55. The number of rotatable bonds is 9. The minimum absolute atomic E-state index is 0.107. The maximum Gasteiger partial charge on any atom is 0.417 e. The van der Waals surface area contributed by atoms with Crippen molar-refractivity contribution in [2.24, 2.45) is 0 Å². The molecule has 0 bridgehead atoms. The van der Waals surface area contributed by atoms with Gasteiger partial charge in [-0.1, -0.05) is 69.0 Å². The molecule has 10 nitrogen and oxygen atoms in total. The van der Waals surface area contributed by atoms with Gasteiger partial charge in [-0.15, -0.1) is 0 Å². The Balaban J connectivity index is 1.23. The van der Waals surface area contributed by atoms with Gasteiger partial charge in [0.25, 0.3) is 0 Å². The predicted octanol–water partition coefficient (Wildman–Crippen LogP) is 8.52. The molecule has 4 heterocycles. The Morgan fingerprint density at radius 3 is 2.66 bits per heavy atom. The quantitative estimate of drug-likeness (QED) is 0.123. The van der Waals surface area contributed by atoms with Crippen LogP contribution in [0.25, 0.3) is 21.8 Å². The van der Waals surface area contributed by atoms with E-state index in [0.717, 1.165) is 50.2 Å². The van der Waals surface area contributed by atoms with Crippen molar-refractivity contribution in [3.8, 4) is 5.88 Å². The van der Waals surface area contributed by atoms with Crippen LogP contribution in [0.15, 0.2) is 79.0 Å². The zero-order chi connectivity index (χ0) is 35.0. The maximum atomic E-state index is 14.3. The number of benzene rings is 3. The number of nitrogens with one attached hydrogen (secondary N) is 1. The van der Waals surface area contributed by atoms with Crippen molar-refractivity contribution < 1.29 is 19.1 Å². The molecule has 0 radical (unpaired) electrons. The van der Waals surface area contributed by atoms with Crippen LogP contribution in [-0.2, 0) is 23.6 Å². The molecule has 7 rings (SSSR count). The first kappa shape index (κ1) is 33.7. The zero-order valence-corrected chi connectivity index (χ0v) is 30.6. The molecular weight excluding hydrogens is 645 g/mol. The number of urea groups is 1. The molecule has 11 heteroatoms. The molecule has 0 saturated carbocycles. The normalized spacial score (nSPS) is 19.5. The summed E-state index contributed by atoms with van der Waals surface area (Å²) in [5, 5.41) is 9.76. The second-order valence-electron chi connectivity index (χ2n) is 14.8. The van der Waals surface area contributed by atoms with Gasteiger partial charge in [-0.25, -0.2) is 19.3 Å². The Kier molecular flexibility index (Phi) is 9.12.